The van der Waals surface area contributed by atoms with Gasteiger partial charge in [-0.2, -0.15) is 0 Å². The summed E-state index contributed by atoms with van der Waals surface area (Å²) in [4.78, 5) is 0. The molecule has 1 aromatic rings. The Hall–Kier alpha value is -0.610. The average Bonchev–Trinajstić information content (AvgIpc) is 2.76. The van der Waals surface area contributed by atoms with Crippen molar-refractivity contribution < 1.29 is 8.63 Å². The van der Waals surface area contributed by atoms with Gasteiger partial charge in [0.1, 0.15) is 5.76 Å². The standard InChI is InChI=1S/C12H21NO2S/c1-4-11(12-6-5-8-15-12)13-10(2)7-9-16(3)14/h5-6,8,10-11,13H,4,7,9H2,1-3H3. The molecule has 1 rings (SSSR count). The number of furan rings is 1. The minimum Gasteiger partial charge on any atom is -0.468 e. The van der Waals surface area contributed by atoms with Crippen molar-refractivity contribution >= 4 is 10.8 Å². The maximum Gasteiger partial charge on any atom is 0.120 e. The van der Waals surface area contributed by atoms with E-state index in [-0.39, 0.29) is 6.04 Å². The molecule has 0 spiro atoms. The molecule has 0 saturated carbocycles. The van der Waals surface area contributed by atoms with Gasteiger partial charge in [0.25, 0.3) is 0 Å². The van der Waals surface area contributed by atoms with E-state index >= 15 is 0 Å². The van der Waals surface area contributed by atoms with E-state index in [9.17, 15) is 4.21 Å². The van der Waals surface area contributed by atoms with Gasteiger partial charge in [0, 0.05) is 28.9 Å². The van der Waals surface area contributed by atoms with Crippen LogP contribution >= 0.6 is 0 Å². The molecule has 0 saturated heterocycles. The molecule has 1 aromatic heterocycles. The third-order valence-electron chi connectivity index (χ3n) is 2.62. The zero-order chi connectivity index (χ0) is 12.0. The smallest absolute Gasteiger partial charge is 0.120 e. The highest BCUT2D eigenvalue weighted by Gasteiger charge is 2.14. The quantitative estimate of drug-likeness (QED) is 0.800. The Kier molecular flexibility index (Phi) is 5.77. The Morgan fingerprint density at radius 1 is 1.56 bits per heavy atom. The maximum absolute atomic E-state index is 11.0. The maximum atomic E-state index is 11.0. The van der Waals surface area contributed by atoms with E-state index in [2.05, 4.69) is 19.2 Å². The fourth-order valence-electron chi connectivity index (χ4n) is 1.66. The van der Waals surface area contributed by atoms with Crippen LogP contribution < -0.4 is 5.32 Å². The van der Waals surface area contributed by atoms with Crippen LogP contribution in [0.5, 0.6) is 0 Å². The van der Waals surface area contributed by atoms with Gasteiger partial charge >= 0.3 is 0 Å². The van der Waals surface area contributed by atoms with E-state index in [1.807, 2.05) is 12.1 Å². The van der Waals surface area contributed by atoms with Crippen LogP contribution in [0.3, 0.4) is 0 Å². The van der Waals surface area contributed by atoms with Crippen LogP contribution in [0.1, 0.15) is 38.5 Å². The molecule has 0 aromatic carbocycles. The van der Waals surface area contributed by atoms with E-state index in [1.165, 1.54) is 0 Å². The van der Waals surface area contributed by atoms with Gasteiger partial charge in [-0.1, -0.05) is 6.92 Å². The molecule has 1 N–H and O–H groups in total. The first-order valence-electron chi connectivity index (χ1n) is 5.73. The van der Waals surface area contributed by atoms with Gasteiger partial charge in [-0.3, -0.25) is 4.21 Å². The summed E-state index contributed by atoms with van der Waals surface area (Å²) in [6, 6.07) is 4.52. The first kappa shape index (κ1) is 13.5. The monoisotopic (exact) mass is 243 g/mol. The van der Waals surface area contributed by atoms with Gasteiger partial charge in [-0.25, -0.2) is 0 Å². The Balaban J connectivity index is 2.41. The lowest BCUT2D eigenvalue weighted by molar-refractivity contribution is 0.369. The van der Waals surface area contributed by atoms with Gasteiger partial charge in [0.05, 0.1) is 12.3 Å². The van der Waals surface area contributed by atoms with Crippen molar-refractivity contribution in [3.63, 3.8) is 0 Å². The lowest BCUT2D eigenvalue weighted by atomic mass is 10.1. The summed E-state index contributed by atoms with van der Waals surface area (Å²) in [6.45, 7) is 4.25. The molecule has 0 aliphatic rings. The first-order valence-corrected chi connectivity index (χ1v) is 7.45. The number of hydrogen-bond donors (Lipinski definition) is 1. The summed E-state index contributed by atoms with van der Waals surface area (Å²) in [5, 5.41) is 3.50. The lowest BCUT2D eigenvalue weighted by Crippen LogP contribution is -2.31. The average molecular weight is 243 g/mol. The first-order chi connectivity index (χ1) is 7.63. The van der Waals surface area contributed by atoms with Crippen LogP contribution in [0.25, 0.3) is 0 Å². The Morgan fingerprint density at radius 2 is 2.31 bits per heavy atom. The van der Waals surface area contributed by atoms with Gasteiger partial charge in [-0.15, -0.1) is 0 Å². The third kappa shape index (κ3) is 4.49. The lowest BCUT2D eigenvalue weighted by Gasteiger charge is -2.20. The largest absolute Gasteiger partial charge is 0.468 e. The van der Waals surface area contributed by atoms with E-state index in [1.54, 1.807) is 12.5 Å². The summed E-state index contributed by atoms with van der Waals surface area (Å²) in [5.74, 6) is 1.73. The van der Waals surface area contributed by atoms with Crippen molar-refractivity contribution in [2.24, 2.45) is 0 Å². The molecule has 92 valence electrons. The molecule has 16 heavy (non-hydrogen) atoms. The van der Waals surface area contributed by atoms with Gasteiger partial charge < -0.3 is 9.73 Å². The Bertz CT molecular complexity index is 311. The summed E-state index contributed by atoms with van der Waals surface area (Å²) in [7, 11) is -0.703. The van der Waals surface area contributed by atoms with Gasteiger partial charge in [0.15, 0.2) is 0 Å². The molecular formula is C12H21NO2S. The second-order valence-electron chi connectivity index (χ2n) is 4.11. The molecule has 3 nitrogen and oxygen atoms in total. The molecule has 0 fully saturated rings. The fourth-order valence-corrected chi connectivity index (χ4v) is 2.35. The molecule has 0 aliphatic heterocycles. The molecular weight excluding hydrogens is 222 g/mol. The van der Waals surface area contributed by atoms with Crippen LogP contribution in [-0.2, 0) is 10.8 Å². The van der Waals surface area contributed by atoms with Crippen molar-refractivity contribution in [1.29, 1.82) is 0 Å². The molecule has 0 radical (unpaired) electrons. The van der Waals surface area contributed by atoms with E-state index in [4.69, 9.17) is 4.42 Å². The van der Waals surface area contributed by atoms with Crippen LogP contribution in [0.15, 0.2) is 22.8 Å². The fraction of sp³-hybridized carbons (Fsp3) is 0.667. The normalized spacial score (nSPS) is 16.9. The highest BCUT2D eigenvalue weighted by atomic mass is 32.2. The third-order valence-corrected chi connectivity index (χ3v) is 3.43. The van der Waals surface area contributed by atoms with E-state index < -0.39 is 10.8 Å². The van der Waals surface area contributed by atoms with Crippen LogP contribution in [0.4, 0.5) is 0 Å². The second kappa shape index (κ2) is 6.86. The summed E-state index contributed by atoms with van der Waals surface area (Å²) in [6.07, 6.45) is 5.37. The summed E-state index contributed by atoms with van der Waals surface area (Å²) in [5.41, 5.74) is 0. The summed E-state index contributed by atoms with van der Waals surface area (Å²) < 4.78 is 16.4. The van der Waals surface area contributed by atoms with Crippen molar-refractivity contribution in [2.75, 3.05) is 12.0 Å². The van der Waals surface area contributed by atoms with E-state index in [0.717, 1.165) is 24.4 Å². The summed E-state index contributed by atoms with van der Waals surface area (Å²) >= 11 is 0. The second-order valence-corrected chi connectivity index (χ2v) is 5.66. The molecule has 3 atom stereocenters. The zero-order valence-corrected chi connectivity index (χ0v) is 11.0. The Morgan fingerprint density at radius 3 is 2.81 bits per heavy atom. The molecule has 4 heteroatoms. The molecule has 1 heterocycles. The predicted molar refractivity (Wildman–Crippen MR) is 67.9 cm³/mol. The number of rotatable bonds is 7. The molecule has 0 aliphatic carbocycles. The van der Waals surface area contributed by atoms with Crippen molar-refractivity contribution in [1.82, 2.24) is 5.32 Å². The SMILES string of the molecule is CCC(NC(C)CCS(C)=O)c1ccco1. The topological polar surface area (TPSA) is 42.2 Å². The molecule has 0 bridgehead atoms. The highest BCUT2D eigenvalue weighted by Crippen LogP contribution is 2.17. The van der Waals surface area contributed by atoms with Crippen molar-refractivity contribution in [3.05, 3.63) is 24.2 Å². The molecule has 3 unspecified atom stereocenters. The number of nitrogens with one attached hydrogen (secondary N) is 1. The van der Waals surface area contributed by atoms with E-state index in [0.29, 0.717) is 6.04 Å². The van der Waals surface area contributed by atoms with Crippen LogP contribution in [0.2, 0.25) is 0 Å². The van der Waals surface area contributed by atoms with Crippen molar-refractivity contribution in [2.45, 2.75) is 38.8 Å². The predicted octanol–water partition coefficient (Wildman–Crippen LogP) is 2.48. The van der Waals surface area contributed by atoms with Gasteiger partial charge in [-0.05, 0) is 31.9 Å². The Labute approximate surface area is 100 Å². The van der Waals surface area contributed by atoms with Crippen LogP contribution in [-0.4, -0.2) is 22.3 Å². The van der Waals surface area contributed by atoms with Crippen LogP contribution in [0, 0.1) is 0 Å². The minimum atomic E-state index is -0.703. The van der Waals surface area contributed by atoms with Gasteiger partial charge in [0.2, 0.25) is 0 Å². The molecule has 0 amide bonds. The number of hydrogen-bond acceptors (Lipinski definition) is 3. The van der Waals surface area contributed by atoms with Crippen molar-refractivity contribution in [3.8, 4) is 0 Å². The highest BCUT2D eigenvalue weighted by molar-refractivity contribution is 7.84. The zero-order valence-electron chi connectivity index (χ0n) is 10.2. The minimum absolute atomic E-state index is 0.260.